The third kappa shape index (κ3) is 17.0. The molecule has 42 atom stereocenters. The Morgan fingerprint density at radius 2 is 0.780 bits per heavy atom. The van der Waals surface area contributed by atoms with Crippen molar-refractivity contribution in [1.82, 2.24) is 5.32 Å². The van der Waals surface area contributed by atoms with E-state index in [0.717, 1.165) is 6.92 Å². The fraction of sp³-hybridized carbons (Fsp3) is 0.946. The summed E-state index contributed by atoms with van der Waals surface area (Å²) in [7, 11) is 0. The highest BCUT2D eigenvalue weighted by molar-refractivity contribution is 5.76. The van der Waals surface area contributed by atoms with Crippen LogP contribution in [0.1, 0.15) is 47.5 Å². The highest BCUT2D eigenvalue weighted by Gasteiger charge is 2.65. The van der Waals surface area contributed by atoms with E-state index >= 15 is 0 Å². The largest absolute Gasteiger partial charge is 0.477 e. The quantitative estimate of drug-likeness (QED) is 0.0404. The zero-order valence-electron chi connectivity index (χ0n) is 53.9. The van der Waals surface area contributed by atoms with Crippen molar-refractivity contribution >= 4 is 17.8 Å². The summed E-state index contributed by atoms with van der Waals surface area (Å²) in [6.45, 7) is 0.427. The molecule has 8 heterocycles. The molecule has 1 unspecified atom stereocenters. The van der Waals surface area contributed by atoms with Crippen molar-refractivity contribution in [2.75, 3.05) is 26.4 Å². The van der Waals surface area contributed by atoms with Crippen LogP contribution in [0.4, 0.5) is 0 Å². The van der Waals surface area contributed by atoms with Gasteiger partial charge in [-0.3, -0.25) is 4.79 Å². The van der Waals surface area contributed by atoms with Crippen LogP contribution < -0.4 is 5.32 Å². The van der Waals surface area contributed by atoms with Crippen LogP contribution >= 0.6 is 0 Å². The number of aliphatic hydroxyl groups excluding tert-OH is 23. The van der Waals surface area contributed by atoms with Crippen molar-refractivity contribution in [2.24, 2.45) is 0 Å². The van der Waals surface area contributed by atoms with Crippen LogP contribution in [0.15, 0.2) is 0 Å². The summed E-state index contributed by atoms with van der Waals surface area (Å²) in [6.07, 6.45) is -85.5. The number of carboxylic acids is 2. The monoisotopic (exact) mass is 1470 g/mol. The van der Waals surface area contributed by atoms with Crippen LogP contribution in [0.3, 0.4) is 0 Å². The number of hydrogen-bond acceptors (Lipinski definition) is 41. The van der Waals surface area contributed by atoms with Gasteiger partial charge in [0.05, 0.1) is 63.1 Å². The minimum Gasteiger partial charge on any atom is -0.477 e. The molecule has 1 amide bonds. The topological polar surface area (TPSA) is 707 Å². The molecule has 0 saturated carbocycles. The molecule has 8 fully saturated rings. The van der Waals surface area contributed by atoms with E-state index in [-0.39, 0.29) is 0 Å². The van der Waals surface area contributed by atoms with Gasteiger partial charge in [-0.15, -0.1) is 0 Å². The Morgan fingerprint density at radius 1 is 0.430 bits per heavy atom. The molecule has 580 valence electrons. The van der Waals surface area contributed by atoms with E-state index in [1.54, 1.807) is 0 Å². The van der Waals surface area contributed by atoms with E-state index in [1.165, 1.54) is 27.7 Å². The van der Waals surface area contributed by atoms with Crippen molar-refractivity contribution in [1.29, 1.82) is 0 Å². The Hall–Kier alpha value is -3.11. The molecule has 8 aliphatic rings. The molecule has 0 aromatic rings. The minimum absolute atomic E-state index is 0.885. The number of rotatable bonds is 25. The van der Waals surface area contributed by atoms with Gasteiger partial charge in [0, 0.05) is 19.8 Å². The second-order valence-electron chi connectivity index (χ2n) is 25.9. The first-order chi connectivity index (χ1) is 46.8. The number of carbonyl (C=O) groups is 3. The Morgan fingerprint density at radius 3 is 1.15 bits per heavy atom. The SMILES string of the molecule is CC(=O)N[C@H]1C(O)O[C@H](CO[C@]2(C(=O)O)C[C@H](O[C@@H]3O[C@@H](C)[C@@H](O)[C@@H](O)[C@@H]3O)[C@@H](O[C@@H]3O[C@@H](C)[C@@H](O)[C@@H](O)[C@@H]3O)[C@H]([C@H](O)[C@H](O)CO)O2)[C@@H](O)[C@@H]1O[C@@H]1O[C@H](CO)[C@H](O)[C@H](O[C@]2(C(=O)O)C[C@H](O[C@@H]3O[C@@H](C)[C@@H](O)[C@@H](O)[C@@H]3O)[C@@H](O[C@@H]3O[C@@H](C)[C@@H](O)[C@@H](O)[C@@H]3O)[C@H]([C@H](O)[C@H](O)CO)O2)[C@H]1O. The smallest absolute Gasteiger partial charge is 0.364 e. The number of ether oxygens (including phenoxy) is 15. The fourth-order valence-electron chi connectivity index (χ4n) is 12.9. The molecule has 0 aromatic heterocycles. The first-order valence-electron chi connectivity index (χ1n) is 31.8. The average Bonchev–Trinajstić information content (AvgIpc) is 0.752. The maximum atomic E-state index is 14.0. The summed E-state index contributed by atoms with van der Waals surface area (Å²) in [5.41, 5.74) is 0. The van der Waals surface area contributed by atoms with E-state index in [9.17, 15) is 142 Å². The van der Waals surface area contributed by atoms with Gasteiger partial charge < -0.3 is 204 Å². The molecule has 44 nitrogen and oxygen atoms in total. The zero-order chi connectivity index (χ0) is 74.4. The molecule has 0 aliphatic carbocycles. The number of carbonyl (C=O) groups excluding carboxylic acids is 1. The molecule has 0 bridgehead atoms. The predicted octanol–water partition coefficient (Wildman–Crippen LogP) is -15.8. The molecule has 0 radical (unpaired) electrons. The van der Waals surface area contributed by atoms with Gasteiger partial charge in [0.25, 0.3) is 11.6 Å². The predicted molar refractivity (Wildman–Crippen MR) is 305 cm³/mol. The van der Waals surface area contributed by atoms with E-state index in [4.69, 9.17) is 71.1 Å². The number of hydrogen-bond donors (Lipinski definition) is 26. The maximum Gasteiger partial charge on any atom is 0.364 e. The van der Waals surface area contributed by atoms with Gasteiger partial charge in [0.2, 0.25) is 5.91 Å². The minimum atomic E-state index is -3.56. The summed E-state index contributed by atoms with van der Waals surface area (Å²) in [6, 6.07) is -2.04. The van der Waals surface area contributed by atoms with Gasteiger partial charge in [-0.1, -0.05) is 0 Å². The molecule has 8 saturated heterocycles. The lowest BCUT2D eigenvalue weighted by molar-refractivity contribution is -0.408. The lowest BCUT2D eigenvalue weighted by atomic mass is 9.89. The van der Waals surface area contributed by atoms with Gasteiger partial charge in [0.15, 0.2) is 37.7 Å². The summed E-state index contributed by atoms with van der Waals surface area (Å²) in [4.78, 5) is 40.5. The Labute approximate surface area is 565 Å². The molecule has 26 N–H and O–H groups in total. The standard InChI is InChI=1S/C56H93NO43/c1-12-24(64)32(72)36(76)48(87-12)92-19-6-55(53(82)83,99-45(28(68)17(62)8-58)41(19)95-50-38(78)34(74)26(66)14(3)89-50)86-11-22-31(71)43(23(47(81)91-22)57-16(5)61)97-52-40(80)44(30(70)21(10-60)94-52)98-56(54(84)85)7-20(93-49-37(77)33(73)25(65)13(2)88-49)42(46(100-56)29(69)18(63)9-59)96-51-39(79)35(75)27(67)15(4)90-51/h12-15,17-52,58-60,62-81H,6-11H2,1-5H3,(H,57,61)(H,82,83)(H,84,85)/t12-,13-,14-,15-,17+,18+,19-,20-,21+,22+,23+,24+,25+,26+,27+,28+,29+,30-,31+,32+,33+,34+,35+,36-,37-,38-,39-,40+,41+,42+,43+,44-,45-,46-,47?,48-,49-,50-,51-,52-,55+,56+/m0/s1. The first kappa shape index (κ1) is 82.5. The van der Waals surface area contributed by atoms with Crippen molar-refractivity contribution in [3.63, 3.8) is 0 Å². The van der Waals surface area contributed by atoms with E-state index in [0.29, 0.717) is 0 Å². The number of amides is 1. The zero-order valence-corrected chi connectivity index (χ0v) is 53.9. The summed E-state index contributed by atoms with van der Waals surface area (Å²) >= 11 is 0. The molecule has 100 heavy (non-hydrogen) atoms. The van der Waals surface area contributed by atoms with Crippen molar-refractivity contribution in [3.05, 3.63) is 0 Å². The second-order valence-corrected chi connectivity index (χ2v) is 25.9. The Kier molecular flexibility index (Phi) is 27.9. The molecule has 8 rings (SSSR count). The van der Waals surface area contributed by atoms with E-state index in [2.05, 4.69) is 5.32 Å². The number of aliphatic hydroxyl groups is 23. The van der Waals surface area contributed by atoms with Crippen LogP contribution in [0.5, 0.6) is 0 Å². The summed E-state index contributed by atoms with van der Waals surface area (Å²) in [5.74, 6) is -12.4. The number of carboxylic acid groups (broad SMARTS) is 2. The van der Waals surface area contributed by atoms with Crippen LogP contribution in [-0.4, -0.2) is 429 Å². The third-order valence-electron chi connectivity index (χ3n) is 18.9. The van der Waals surface area contributed by atoms with Crippen molar-refractivity contribution in [2.45, 2.75) is 304 Å². The van der Waals surface area contributed by atoms with Crippen LogP contribution in [0, 0.1) is 0 Å². The Bertz CT molecular complexity index is 2650. The van der Waals surface area contributed by atoms with Crippen LogP contribution in [0.25, 0.3) is 0 Å². The highest BCUT2D eigenvalue weighted by atomic mass is 16.8. The van der Waals surface area contributed by atoms with Gasteiger partial charge in [-0.25, -0.2) is 9.59 Å². The highest BCUT2D eigenvalue weighted by Crippen LogP contribution is 2.45. The molecular weight excluding hydrogens is 1370 g/mol. The lowest BCUT2D eigenvalue weighted by Crippen LogP contribution is -2.71. The van der Waals surface area contributed by atoms with E-state index < -0.39 is 314 Å². The van der Waals surface area contributed by atoms with E-state index in [1.807, 2.05) is 0 Å². The first-order valence-corrected chi connectivity index (χ1v) is 31.8. The number of aliphatic carboxylic acids is 2. The maximum absolute atomic E-state index is 14.0. The third-order valence-corrected chi connectivity index (χ3v) is 18.9. The fourth-order valence-corrected chi connectivity index (χ4v) is 12.9. The molecule has 8 aliphatic heterocycles. The van der Waals surface area contributed by atoms with Gasteiger partial charge in [-0.2, -0.15) is 0 Å². The van der Waals surface area contributed by atoms with Gasteiger partial charge in [-0.05, 0) is 27.7 Å². The molecule has 0 spiro atoms. The lowest BCUT2D eigenvalue weighted by Gasteiger charge is -2.52. The summed E-state index contributed by atoms with van der Waals surface area (Å²) < 4.78 is 87.3. The van der Waals surface area contributed by atoms with Crippen LogP contribution in [0.2, 0.25) is 0 Å². The normalized spacial score (nSPS) is 50.2. The number of nitrogens with one attached hydrogen (secondary N) is 1. The summed E-state index contributed by atoms with van der Waals surface area (Å²) in [5, 5.41) is 278. The van der Waals surface area contributed by atoms with Gasteiger partial charge in [0.1, 0.15) is 171 Å². The molecular formula is C56H93NO43. The molecule has 0 aromatic carbocycles. The van der Waals surface area contributed by atoms with Crippen molar-refractivity contribution in [3.8, 4) is 0 Å². The molecule has 44 heteroatoms. The van der Waals surface area contributed by atoms with Crippen LogP contribution in [-0.2, 0) is 85.4 Å². The average molecular weight is 1470 g/mol. The van der Waals surface area contributed by atoms with Crippen molar-refractivity contribution < 1.29 is 213 Å². The Balaban J connectivity index is 1.12. The van der Waals surface area contributed by atoms with Gasteiger partial charge >= 0.3 is 11.9 Å². The second kappa shape index (κ2) is 33.8.